The molecule has 1 aromatic rings. The van der Waals surface area contributed by atoms with Crippen LogP contribution in [0, 0.1) is 27.3 Å². The summed E-state index contributed by atoms with van der Waals surface area (Å²) in [5.74, 6) is 0.839. The highest BCUT2D eigenvalue weighted by molar-refractivity contribution is 7.71. The molecule has 0 aromatic carbocycles. The number of carbonyl (C=O) groups excluding carboxylic acids is 1. The highest BCUT2D eigenvalue weighted by atomic mass is 32.1. The molecule has 0 unspecified atom stereocenters. The molecule has 0 amide bonds. The van der Waals surface area contributed by atoms with Crippen molar-refractivity contribution in [2.75, 3.05) is 0 Å². The van der Waals surface area contributed by atoms with Crippen LogP contribution >= 0.6 is 12.2 Å². The van der Waals surface area contributed by atoms with Crippen molar-refractivity contribution in [1.29, 1.82) is 0 Å². The molecule has 1 heterocycles. The maximum Gasteiger partial charge on any atom is 0.333 e. The van der Waals surface area contributed by atoms with Crippen molar-refractivity contribution < 1.29 is 9.63 Å². The van der Waals surface area contributed by atoms with Crippen molar-refractivity contribution in [3.63, 3.8) is 0 Å². The van der Waals surface area contributed by atoms with Gasteiger partial charge in [0, 0.05) is 6.20 Å². The molecule has 4 heteroatoms. The summed E-state index contributed by atoms with van der Waals surface area (Å²) in [6.07, 6.45) is 9.19. The van der Waals surface area contributed by atoms with Crippen LogP contribution in [0.4, 0.5) is 0 Å². The molecule has 0 aliphatic heterocycles. The van der Waals surface area contributed by atoms with Gasteiger partial charge < -0.3 is 4.84 Å². The van der Waals surface area contributed by atoms with Gasteiger partial charge >= 0.3 is 5.97 Å². The first-order valence-corrected chi connectivity index (χ1v) is 9.74. The number of hydrogen-bond acceptors (Lipinski definition) is 3. The normalized spacial score (nSPS) is 34.8. The molecular formula is C21H29NO2S. The lowest BCUT2D eigenvalue weighted by Gasteiger charge is -2.57. The monoisotopic (exact) mass is 359 g/mol. The number of fused-ring (bicyclic) bond motifs is 1. The summed E-state index contributed by atoms with van der Waals surface area (Å²) in [5, 5.41) is 0. The summed E-state index contributed by atoms with van der Waals surface area (Å²) in [5.41, 5.74) is 1.67. The molecule has 25 heavy (non-hydrogen) atoms. The van der Waals surface area contributed by atoms with Gasteiger partial charge in [0.2, 0.25) is 0 Å². The Kier molecular flexibility index (Phi) is 4.93. The third-order valence-electron chi connectivity index (χ3n) is 7.11. The van der Waals surface area contributed by atoms with Gasteiger partial charge in [-0.2, -0.15) is 4.73 Å². The Morgan fingerprint density at radius 3 is 2.84 bits per heavy atom. The van der Waals surface area contributed by atoms with E-state index in [4.69, 9.17) is 17.1 Å². The Bertz CT molecular complexity index is 752. The summed E-state index contributed by atoms with van der Waals surface area (Å²) >= 11 is 5.23. The summed E-state index contributed by atoms with van der Waals surface area (Å²) in [7, 11) is 0. The van der Waals surface area contributed by atoms with E-state index in [2.05, 4.69) is 33.8 Å². The number of nitrogens with zero attached hydrogens (tertiary/aromatic N) is 1. The van der Waals surface area contributed by atoms with Gasteiger partial charge in [0.05, 0.1) is 6.42 Å². The van der Waals surface area contributed by atoms with Crippen molar-refractivity contribution in [1.82, 2.24) is 4.73 Å². The smallest absolute Gasteiger partial charge is 0.333 e. The van der Waals surface area contributed by atoms with Crippen LogP contribution in [0.25, 0.3) is 0 Å². The number of pyridine rings is 1. The quantitative estimate of drug-likeness (QED) is 0.537. The standard InChI is InChI=1S/C21H29NO2S/c1-15-8-7-9-17-20(15,3)12-11-16(2)21(17,4)14-19(23)24-22-13-6-5-10-18(22)25/h5-6,8,10,13,16-17H,7,9,11-12,14H2,1-4H3/t16-,17+,20+,21+/m0/s1. The van der Waals surface area contributed by atoms with Crippen LogP contribution < -0.4 is 4.84 Å². The maximum absolute atomic E-state index is 12.7. The maximum atomic E-state index is 12.7. The first kappa shape index (κ1) is 18.4. The second kappa shape index (κ2) is 6.71. The van der Waals surface area contributed by atoms with Gasteiger partial charge in [-0.1, -0.05) is 50.7 Å². The van der Waals surface area contributed by atoms with Gasteiger partial charge in [-0.05, 0) is 67.4 Å². The minimum absolute atomic E-state index is 0.0451. The van der Waals surface area contributed by atoms with E-state index < -0.39 is 0 Å². The van der Waals surface area contributed by atoms with E-state index >= 15 is 0 Å². The molecule has 1 saturated carbocycles. The molecule has 0 saturated heterocycles. The predicted molar refractivity (Wildman–Crippen MR) is 103 cm³/mol. The number of aromatic nitrogens is 1. The van der Waals surface area contributed by atoms with Crippen molar-refractivity contribution in [3.05, 3.63) is 40.7 Å². The van der Waals surface area contributed by atoms with Gasteiger partial charge in [-0.15, -0.1) is 0 Å². The molecular weight excluding hydrogens is 330 g/mol. The van der Waals surface area contributed by atoms with Crippen LogP contribution in [0.1, 0.15) is 59.8 Å². The third kappa shape index (κ3) is 3.21. The molecule has 0 N–H and O–H groups in total. The third-order valence-corrected chi connectivity index (χ3v) is 7.42. The van der Waals surface area contributed by atoms with Gasteiger partial charge in [-0.25, -0.2) is 4.79 Å². The molecule has 136 valence electrons. The fraction of sp³-hybridized carbons (Fsp3) is 0.619. The van der Waals surface area contributed by atoms with Crippen molar-refractivity contribution in [2.45, 2.75) is 59.8 Å². The summed E-state index contributed by atoms with van der Waals surface area (Å²) in [6, 6.07) is 5.43. The molecule has 1 fully saturated rings. The Balaban J connectivity index is 1.84. The minimum atomic E-state index is -0.187. The Morgan fingerprint density at radius 1 is 1.36 bits per heavy atom. The van der Waals surface area contributed by atoms with Crippen LogP contribution in [0.15, 0.2) is 36.0 Å². The fourth-order valence-electron chi connectivity index (χ4n) is 5.15. The van der Waals surface area contributed by atoms with Gasteiger partial charge in [0.25, 0.3) is 0 Å². The molecule has 3 nitrogen and oxygen atoms in total. The first-order chi connectivity index (χ1) is 11.8. The zero-order valence-electron chi connectivity index (χ0n) is 15.7. The van der Waals surface area contributed by atoms with E-state index in [1.165, 1.54) is 16.7 Å². The Labute approximate surface area is 156 Å². The zero-order valence-corrected chi connectivity index (χ0v) is 16.6. The van der Waals surface area contributed by atoms with Gasteiger partial charge in [0.1, 0.15) is 4.64 Å². The average molecular weight is 360 g/mol. The molecule has 2 aliphatic rings. The molecule has 1 aromatic heterocycles. The Morgan fingerprint density at radius 2 is 2.12 bits per heavy atom. The average Bonchev–Trinajstić information content (AvgIpc) is 2.56. The van der Waals surface area contributed by atoms with Crippen LogP contribution in [0.5, 0.6) is 0 Å². The summed E-state index contributed by atoms with van der Waals surface area (Å²) in [4.78, 5) is 18.3. The van der Waals surface area contributed by atoms with Gasteiger partial charge in [-0.3, -0.25) is 0 Å². The van der Waals surface area contributed by atoms with Crippen LogP contribution in [0.2, 0.25) is 0 Å². The molecule has 0 bridgehead atoms. The second-order valence-corrected chi connectivity index (χ2v) is 8.80. The first-order valence-electron chi connectivity index (χ1n) is 9.33. The highest BCUT2D eigenvalue weighted by Crippen LogP contribution is 2.61. The predicted octanol–water partition coefficient (Wildman–Crippen LogP) is 5.36. The highest BCUT2D eigenvalue weighted by Gasteiger charge is 2.54. The van der Waals surface area contributed by atoms with E-state index in [0.29, 0.717) is 22.9 Å². The van der Waals surface area contributed by atoms with E-state index in [-0.39, 0.29) is 16.8 Å². The van der Waals surface area contributed by atoms with Crippen LogP contribution in [0.3, 0.4) is 0 Å². The molecule has 0 spiro atoms. The Hall–Kier alpha value is -1.42. The number of carbonyl (C=O) groups is 1. The topological polar surface area (TPSA) is 31.2 Å². The van der Waals surface area contributed by atoms with E-state index in [0.717, 1.165) is 19.3 Å². The van der Waals surface area contributed by atoms with Crippen LogP contribution in [-0.2, 0) is 4.79 Å². The number of hydrogen-bond donors (Lipinski definition) is 0. The van der Waals surface area contributed by atoms with Crippen molar-refractivity contribution >= 4 is 18.2 Å². The summed E-state index contributed by atoms with van der Waals surface area (Å²) in [6.45, 7) is 9.26. The van der Waals surface area contributed by atoms with Gasteiger partial charge in [0.15, 0.2) is 0 Å². The largest absolute Gasteiger partial charge is 0.336 e. The van der Waals surface area contributed by atoms with Crippen molar-refractivity contribution in [2.24, 2.45) is 22.7 Å². The van der Waals surface area contributed by atoms with E-state index in [1.807, 2.05) is 12.1 Å². The lowest BCUT2D eigenvalue weighted by molar-refractivity contribution is -0.153. The minimum Gasteiger partial charge on any atom is -0.336 e. The number of rotatable bonds is 3. The summed E-state index contributed by atoms with van der Waals surface area (Å²) < 4.78 is 1.92. The van der Waals surface area contributed by atoms with E-state index in [9.17, 15) is 4.79 Å². The number of allylic oxidation sites excluding steroid dienone is 2. The SMILES string of the molecule is CC1=CCC[C@H]2[C@](C)(CC(=O)On3ccccc3=S)[C@@H](C)CC[C@]12C. The lowest BCUT2D eigenvalue weighted by Crippen LogP contribution is -2.51. The van der Waals surface area contributed by atoms with Crippen molar-refractivity contribution in [3.8, 4) is 0 Å². The zero-order chi connectivity index (χ0) is 18.2. The fourth-order valence-corrected chi connectivity index (χ4v) is 5.33. The molecule has 4 atom stereocenters. The second-order valence-electron chi connectivity index (χ2n) is 8.38. The molecule has 2 aliphatic carbocycles. The lowest BCUT2D eigenvalue weighted by atomic mass is 9.47. The molecule has 0 radical (unpaired) electrons. The van der Waals surface area contributed by atoms with E-state index in [1.54, 1.807) is 12.3 Å². The molecule has 3 rings (SSSR count). The van der Waals surface area contributed by atoms with Crippen LogP contribution in [-0.4, -0.2) is 10.7 Å².